The Morgan fingerprint density at radius 1 is 1.08 bits per heavy atom. The SMILES string of the molecule is O=C(C1CCCCN1Cc1ccc(F)cc1)N1C2CCNCC1CC2. The second kappa shape index (κ2) is 7.42. The molecular weight excluding hydrogens is 317 g/mol. The van der Waals surface area contributed by atoms with Gasteiger partial charge in [-0.05, 0) is 62.9 Å². The first kappa shape index (κ1) is 17.0. The lowest BCUT2D eigenvalue weighted by atomic mass is 9.99. The summed E-state index contributed by atoms with van der Waals surface area (Å²) in [5.41, 5.74) is 1.08. The van der Waals surface area contributed by atoms with E-state index in [2.05, 4.69) is 15.1 Å². The predicted molar refractivity (Wildman–Crippen MR) is 95.6 cm³/mol. The van der Waals surface area contributed by atoms with Crippen molar-refractivity contribution in [3.63, 3.8) is 0 Å². The van der Waals surface area contributed by atoms with E-state index in [0.717, 1.165) is 70.3 Å². The van der Waals surface area contributed by atoms with Crippen LogP contribution in [0.5, 0.6) is 0 Å². The molecule has 2 bridgehead atoms. The molecule has 3 saturated heterocycles. The standard InChI is InChI=1S/C20H28FN3O/c21-16-6-4-15(5-7-16)14-23-12-2-1-3-19(23)20(25)24-17-8-9-18(24)13-22-11-10-17/h4-7,17-19,22H,1-3,8-14H2. The van der Waals surface area contributed by atoms with Crippen LogP contribution in [-0.4, -0.2) is 53.5 Å². The first-order valence-corrected chi connectivity index (χ1v) is 9.74. The number of halogens is 1. The first-order chi connectivity index (χ1) is 12.2. The molecule has 5 heteroatoms. The van der Waals surface area contributed by atoms with Crippen LogP contribution in [-0.2, 0) is 11.3 Å². The summed E-state index contributed by atoms with van der Waals surface area (Å²) in [7, 11) is 0. The van der Waals surface area contributed by atoms with Gasteiger partial charge in [0.2, 0.25) is 5.91 Å². The van der Waals surface area contributed by atoms with Crippen LogP contribution < -0.4 is 5.32 Å². The Kier molecular flexibility index (Phi) is 5.04. The van der Waals surface area contributed by atoms with Crippen LogP contribution in [0.4, 0.5) is 4.39 Å². The first-order valence-electron chi connectivity index (χ1n) is 9.74. The van der Waals surface area contributed by atoms with E-state index in [9.17, 15) is 9.18 Å². The minimum absolute atomic E-state index is 0.0139. The van der Waals surface area contributed by atoms with Gasteiger partial charge in [0.15, 0.2) is 0 Å². The van der Waals surface area contributed by atoms with Crippen molar-refractivity contribution in [2.24, 2.45) is 0 Å². The molecule has 0 saturated carbocycles. The zero-order chi connectivity index (χ0) is 17.2. The second-order valence-electron chi connectivity index (χ2n) is 7.73. The van der Waals surface area contributed by atoms with Crippen molar-refractivity contribution < 1.29 is 9.18 Å². The van der Waals surface area contributed by atoms with Gasteiger partial charge in [0.1, 0.15) is 5.82 Å². The molecule has 1 aromatic rings. The lowest BCUT2D eigenvalue weighted by Crippen LogP contribution is -2.54. The summed E-state index contributed by atoms with van der Waals surface area (Å²) in [6, 6.07) is 7.47. The average Bonchev–Trinajstić information content (AvgIpc) is 2.89. The number of amides is 1. The molecule has 3 heterocycles. The Labute approximate surface area is 149 Å². The van der Waals surface area contributed by atoms with E-state index in [1.54, 1.807) is 0 Å². The number of nitrogens with one attached hydrogen (secondary N) is 1. The summed E-state index contributed by atoms with van der Waals surface area (Å²) < 4.78 is 13.2. The van der Waals surface area contributed by atoms with Crippen LogP contribution in [0.2, 0.25) is 0 Å². The number of fused-ring (bicyclic) bond motifs is 2. The summed E-state index contributed by atoms with van der Waals surface area (Å²) in [5.74, 6) is 0.127. The van der Waals surface area contributed by atoms with Gasteiger partial charge < -0.3 is 10.2 Å². The summed E-state index contributed by atoms with van der Waals surface area (Å²) in [4.78, 5) is 18.0. The number of carbonyl (C=O) groups is 1. The number of likely N-dealkylation sites (tertiary alicyclic amines) is 1. The maximum atomic E-state index is 13.4. The fourth-order valence-corrected chi connectivity index (χ4v) is 4.80. The third-order valence-corrected chi connectivity index (χ3v) is 6.11. The number of carbonyl (C=O) groups excluding carboxylic acids is 1. The van der Waals surface area contributed by atoms with Crippen molar-refractivity contribution in [3.8, 4) is 0 Å². The van der Waals surface area contributed by atoms with Crippen LogP contribution in [0.15, 0.2) is 24.3 Å². The molecule has 25 heavy (non-hydrogen) atoms. The maximum absolute atomic E-state index is 13.4. The Morgan fingerprint density at radius 2 is 1.88 bits per heavy atom. The van der Waals surface area contributed by atoms with E-state index < -0.39 is 0 Å². The molecule has 1 amide bonds. The molecule has 3 atom stereocenters. The van der Waals surface area contributed by atoms with Gasteiger partial charge in [-0.25, -0.2) is 4.39 Å². The van der Waals surface area contributed by atoms with E-state index in [-0.39, 0.29) is 11.9 Å². The minimum Gasteiger partial charge on any atom is -0.334 e. The number of hydrogen-bond acceptors (Lipinski definition) is 3. The van der Waals surface area contributed by atoms with Crippen LogP contribution in [0.3, 0.4) is 0 Å². The highest BCUT2D eigenvalue weighted by Crippen LogP contribution is 2.31. The highest BCUT2D eigenvalue weighted by molar-refractivity contribution is 5.83. The Morgan fingerprint density at radius 3 is 2.72 bits per heavy atom. The monoisotopic (exact) mass is 345 g/mol. The van der Waals surface area contributed by atoms with Crippen molar-refractivity contribution in [2.45, 2.75) is 63.2 Å². The quantitative estimate of drug-likeness (QED) is 0.914. The molecule has 0 aliphatic carbocycles. The number of piperidine rings is 1. The highest BCUT2D eigenvalue weighted by Gasteiger charge is 2.42. The van der Waals surface area contributed by atoms with E-state index in [1.165, 1.54) is 12.1 Å². The lowest BCUT2D eigenvalue weighted by molar-refractivity contribution is -0.141. The predicted octanol–water partition coefficient (Wildman–Crippen LogP) is 2.53. The Balaban J connectivity index is 1.50. The largest absolute Gasteiger partial charge is 0.334 e. The molecule has 0 radical (unpaired) electrons. The highest BCUT2D eigenvalue weighted by atomic mass is 19.1. The fraction of sp³-hybridized carbons (Fsp3) is 0.650. The number of rotatable bonds is 3. The Bertz CT molecular complexity index is 591. The van der Waals surface area contributed by atoms with Gasteiger partial charge in [-0.15, -0.1) is 0 Å². The van der Waals surface area contributed by atoms with Crippen molar-refractivity contribution in [1.29, 1.82) is 0 Å². The molecule has 1 N–H and O–H groups in total. The summed E-state index contributed by atoms with van der Waals surface area (Å²) in [6.07, 6.45) is 6.57. The summed E-state index contributed by atoms with van der Waals surface area (Å²) in [6.45, 7) is 3.65. The van der Waals surface area contributed by atoms with Gasteiger partial charge in [0.25, 0.3) is 0 Å². The van der Waals surface area contributed by atoms with Crippen LogP contribution in [0, 0.1) is 5.82 Å². The van der Waals surface area contributed by atoms with E-state index in [4.69, 9.17) is 0 Å². The number of benzene rings is 1. The molecule has 3 aliphatic rings. The third kappa shape index (κ3) is 3.58. The van der Waals surface area contributed by atoms with Gasteiger partial charge in [0.05, 0.1) is 6.04 Å². The second-order valence-corrected chi connectivity index (χ2v) is 7.73. The molecule has 4 nitrogen and oxygen atoms in total. The average molecular weight is 345 g/mol. The van der Waals surface area contributed by atoms with Crippen molar-refractivity contribution in [1.82, 2.24) is 15.1 Å². The normalized spacial score (nSPS) is 30.3. The summed E-state index contributed by atoms with van der Waals surface area (Å²) >= 11 is 0. The number of hydrogen-bond donors (Lipinski definition) is 1. The molecule has 0 spiro atoms. The third-order valence-electron chi connectivity index (χ3n) is 6.11. The zero-order valence-corrected chi connectivity index (χ0v) is 14.8. The van der Waals surface area contributed by atoms with Crippen LogP contribution in [0.1, 0.15) is 44.1 Å². The summed E-state index contributed by atoms with van der Waals surface area (Å²) in [5, 5.41) is 3.48. The van der Waals surface area contributed by atoms with Gasteiger partial charge in [0, 0.05) is 25.2 Å². The smallest absolute Gasteiger partial charge is 0.240 e. The zero-order valence-electron chi connectivity index (χ0n) is 14.8. The topological polar surface area (TPSA) is 35.6 Å². The Hall–Kier alpha value is -1.46. The van der Waals surface area contributed by atoms with Gasteiger partial charge in [-0.2, -0.15) is 0 Å². The van der Waals surface area contributed by atoms with Gasteiger partial charge in [-0.1, -0.05) is 18.6 Å². The number of nitrogens with zero attached hydrogens (tertiary/aromatic N) is 2. The van der Waals surface area contributed by atoms with Crippen LogP contribution in [0.25, 0.3) is 0 Å². The van der Waals surface area contributed by atoms with Crippen molar-refractivity contribution in [2.75, 3.05) is 19.6 Å². The van der Waals surface area contributed by atoms with Gasteiger partial charge in [-0.3, -0.25) is 9.69 Å². The van der Waals surface area contributed by atoms with Gasteiger partial charge >= 0.3 is 0 Å². The fourth-order valence-electron chi connectivity index (χ4n) is 4.80. The van der Waals surface area contributed by atoms with E-state index >= 15 is 0 Å². The molecule has 3 fully saturated rings. The maximum Gasteiger partial charge on any atom is 0.240 e. The molecular formula is C20H28FN3O. The molecule has 1 aromatic carbocycles. The molecule has 4 rings (SSSR count). The minimum atomic E-state index is -0.205. The van der Waals surface area contributed by atoms with E-state index in [0.29, 0.717) is 18.0 Å². The molecule has 3 aliphatic heterocycles. The molecule has 3 unspecified atom stereocenters. The lowest BCUT2D eigenvalue weighted by Gasteiger charge is -2.39. The molecule has 0 aromatic heterocycles. The van der Waals surface area contributed by atoms with E-state index in [1.807, 2.05) is 12.1 Å². The molecule has 136 valence electrons. The van der Waals surface area contributed by atoms with Crippen molar-refractivity contribution >= 4 is 5.91 Å². The van der Waals surface area contributed by atoms with Crippen molar-refractivity contribution in [3.05, 3.63) is 35.6 Å². The van der Waals surface area contributed by atoms with Crippen LogP contribution >= 0.6 is 0 Å².